The van der Waals surface area contributed by atoms with Crippen LogP contribution in [0.5, 0.6) is 0 Å². The fourth-order valence-corrected chi connectivity index (χ4v) is 3.04. The number of anilines is 1. The molecule has 0 saturated carbocycles. The molecule has 3 aromatic rings. The van der Waals surface area contributed by atoms with Gasteiger partial charge in [0.1, 0.15) is 5.76 Å². The van der Waals surface area contributed by atoms with Crippen LogP contribution >= 0.6 is 11.8 Å². The van der Waals surface area contributed by atoms with Crippen LogP contribution in [0.15, 0.2) is 50.7 Å². The molecule has 0 spiro atoms. The standard InChI is InChI=1S/C20H22N4O4S/c1-12(2)10-21-18(26)15-6-4-5-7-16(15)22-17(25)11-29-20-24-23-19(28-20)14-8-9-27-13(14)3/h4-9,12H,10-11H2,1-3H3,(H,21,26)(H,22,25). The average Bonchev–Trinajstić information content (AvgIpc) is 3.33. The third kappa shape index (κ3) is 5.47. The van der Waals surface area contributed by atoms with E-state index in [0.29, 0.717) is 35.4 Å². The minimum Gasteiger partial charge on any atom is -0.469 e. The average molecular weight is 414 g/mol. The molecular weight excluding hydrogens is 392 g/mol. The Balaban J connectivity index is 1.58. The van der Waals surface area contributed by atoms with E-state index in [1.54, 1.807) is 43.5 Å². The first-order chi connectivity index (χ1) is 13.9. The fraction of sp³-hybridized carbons (Fsp3) is 0.300. The smallest absolute Gasteiger partial charge is 0.277 e. The predicted octanol–water partition coefficient (Wildman–Crippen LogP) is 3.75. The molecule has 0 saturated heterocycles. The summed E-state index contributed by atoms with van der Waals surface area (Å²) in [5, 5.41) is 13.8. The normalized spacial score (nSPS) is 10.9. The van der Waals surface area contributed by atoms with Gasteiger partial charge in [0.05, 0.1) is 28.8 Å². The van der Waals surface area contributed by atoms with Crippen molar-refractivity contribution in [3.8, 4) is 11.5 Å². The van der Waals surface area contributed by atoms with Crippen LogP contribution in [0.25, 0.3) is 11.5 Å². The first-order valence-electron chi connectivity index (χ1n) is 9.12. The minimum absolute atomic E-state index is 0.0634. The zero-order valence-corrected chi connectivity index (χ0v) is 17.2. The van der Waals surface area contributed by atoms with E-state index in [9.17, 15) is 9.59 Å². The van der Waals surface area contributed by atoms with Gasteiger partial charge in [-0.25, -0.2) is 0 Å². The highest BCUT2D eigenvalue weighted by Gasteiger charge is 2.16. The van der Waals surface area contributed by atoms with Crippen molar-refractivity contribution in [1.29, 1.82) is 0 Å². The summed E-state index contributed by atoms with van der Waals surface area (Å²) in [6, 6.07) is 8.63. The molecule has 9 heteroatoms. The number of rotatable bonds is 8. The monoisotopic (exact) mass is 414 g/mol. The molecule has 8 nitrogen and oxygen atoms in total. The van der Waals surface area contributed by atoms with Crippen molar-refractivity contribution in [3.05, 3.63) is 47.9 Å². The van der Waals surface area contributed by atoms with E-state index in [0.717, 1.165) is 17.3 Å². The van der Waals surface area contributed by atoms with E-state index in [1.165, 1.54) is 0 Å². The van der Waals surface area contributed by atoms with Crippen LogP contribution in [0, 0.1) is 12.8 Å². The number of amides is 2. The number of thioether (sulfide) groups is 1. The number of aryl methyl sites for hydroxylation is 1. The van der Waals surface area contributed by atoms with Crippen molar-refractivity contribution in [2.75, 3.05) is 17.6 Å². The van der Waals surface area contributed by atoms with Crippen LogP contribution < -0.4 is 10.6 Å². The molecule has 2 amide bonds. The van der Waals surface area contributed by atoms with Gasteiger partial charge in [0.2, 0.25) is 5.91 Å². The van der Waals surface area contributed by atoms with Crippen LogP contribution in [-0.2, 0) is 4.79 Å². The van der Waals surface area contributed by atoms with Crippen LogP contribution in [0.4, 0.5) is 5.69 Å². The summed E-state index contributed by atoms with van der Waals surface area (Å²) >= 11 is 1.12. The van der Waals surface area contributed by atoms with Crippen LogP contribution in [0.1, 0.15) is 30.0 Å². The number of carbonyl (C=O) groups is 2. The molecule has 152 valence electrons. The molecule has 0 atom stereocenters. The summed E-state index contributed by atoms with van der Waals surface area (Å²) in [6.45, 7) is 6.39. The molecule has 0 bridgehead atoms. The first kappa shape index (κ1) is 20.7. The van der Waals surface area contributed by atoms with E-state index in [4.69, 9.17) is 8.83 Å². The van der Waals surface area contributed by atoms with E-state index >= 15 is 0 Å². The molecule has 2 heterocycles. The Hall–Kier alpha value is -3.07. The lowest BCUT2D eigenvalue weighted by atomic mass is 10.1. The molecule has 0 fully saturated rings. The second-order valence-electron chi connectivity index (χ2n) is 6.75. The quantitative estimate of drug-likeness (QED) is 0.540. The highest BCUT2D eigenvalue weighted by Crippen LogP contribution is 2.26. The molecule has 29 heavy (non-hydrogen) atoms. The van der Waals surface area contributed by atoms with Crippen molar-refractivity contribution < 1.29 is 18.4 Å². The Morgan fingerprint density at radius 2 is 1.97 bits per heavy atom. The van der Waals surface area contributed by atoms with Gasteiger partial charge in [-0.3, -0.25) is 9.59 Å². The summed E-state index contributed by atoms with van der Waals surface area (Å²) in [5.74, 6) is 0.912. The zero-order valence-electron chi connectivity index (χ0n) is 16.4. The van der Waals surface area contributed by atoms with Gasteiger partial charge in [0, 0.05) is 6.54 Å². The Bertz CT molecular complexity index is 996. The molecule has 3 rings (SSSR count). The fourth-order valence-electron chi connectivity index (χ4n) is 2.48. The van der Waals surface area contributed by atoms with Gasteiger partial charge in [0.15, 0.2) is 0 Å². The Morgan fingerprint density at radius 1 is 1.17 bits per heavy atom. The largest absolute Gasteiger partial charge is 0.469 e. The number of nitrogens with zero attached hydrogens (tertiary/aromatic N) is 2. The number of aromatic nitrogens is 2. The summed E-state index contributed by atoms with van der Waals surface area (Å²) in [4.78, 5) is 24.7. The predicted molar refractivity (Wildman–Crippen MR) is 110 cm³/mol. The summed E-state index contributed by atoms with van der Waals surface area (Å²) in [6.07, 6.45) is 1.55. The highest BCUT2D eigenvalue weighted by molar-refractivity contribution is 7.99. The number of hydrogen-bond acceptors (Lipinski definition) is 7. The van der Waals surface area contributed by atoms with Gasteiger partial charge >= 0.3 is 0 Å². The van der Waals surface area contributed by atoms with E-state index in [1.807, 2.05) is 13.8 Å². The van der Waals surface area contributed by atoms with Gasteiger partial charge in [0.25, 0.3) is 17.0 Å². The van der Waals surface area contributed by atoms with Crippen molar-refractivity contribution in [3.63, 3.8) is 0 Å². The van der Waals surface area contributed by atoms with Crippen molar-refractivity contribution >= 4 is 29.3 Å². The van der Waals surface area contributed by atoms with E-state index < -0.39 is 0 Å². The Kier molecular flexibility index (Phi) is 6.71. The van der Waals surface area contributed by atoms with Crippen LogP contribution in [0.2, 0.25) is 0 Å². The first-order valence-corrected chi connectivity index (χ1v) is 10.1. The summed E-state index contributed by atoms with van der Waals surface area (Å²) < 4.78 is 10.8. The highest BCUT2D eigenvalue weighted by atomic mass is 32.2. The van der Waals surface area contributed by atoms with Gasteiger partial charge in [-0.05, 0) is 31.0 Å². The Morgan fingerprint density at radius 3 is 2.69 bits per heavy atom. The van der Waals surface area contributed by atoms with E-state index in [-0.39, 0.29) is 22.8 Å². The maximum atomic E-state index is 12.4. The van der Waals surface area contributed by atoms with E-state index in [2.05, 4.69) is 20.8 Å². The molecule has 0 aliphatic rings. The molecule has 0 aliphatic carbocycles. The molecular formula is C20H22N4O4S. The molecule has 2 aromatic heterocycles. The van der Waals surface area contributed by atoms with Crippen molar-refractivity contribution in [2.24, 2.45) is 5.92 Å². The third-order valence-corrected chi connectivity index (χ3v) is 4.76. The SMILES string of the molecule is Cc1occc1-c1nnc(SCC(=O)Nc2ccccc2C(=O)NCC(C)C)o1. The maximum Gasteiger partial charge on any atom is 0.277 e. The molecule has 1 aromatic carbocycles. The number of furan rings is 1. The lowest BCUT2D eigenvalue weighted by molar-refractivity contribution is -0.113. The lowest BCUT2D eigenvalue weighted by Gasteiger charge is -2.12. The summed E-state index contributed by atoms with van der Waals surface area (Å²) in [7, 11) is 0. The van der Waals surface area contributed by atoms with Gasteiger partial charge in [-0.2, -0.15) is 0 Å². The second kappa shape index (κ2) is 9.42. The van der Waals surface area contributed by atoms with Gasteiger partial charge in [-0.1, -0.05) is 37.7 Å². The molecule has 0 aliphatic heterocycles. The number of para-hydroxylation sites is 1. The number of benzene rings is 1. The minimum atomic E-state index is -0.279. The number of carbonyl (C=O) groups excluding carboxylic acids is 2. The topological polar surface area (TPSA) is 110 Å². The van der Waals surface area contributed by atoms with Crippen LogP contribution in [0.3, 0.4) is 0 Å². The van der Waals surface area contributed by atoms with Crippen LogP contribution in [-0.4, -0.2) is 34.3 Å². The van der Waals surface area contributed by atoms with Crippen molar-refractivity contribution in [2.45, 2.75) is 26.0 Å². The molecule has 0 unspecified atom stereocenters. The maximum absolute atomic E-state index is 12.4. The van der Waals surface area contributed by atoms with Gasteiger partial charge in [-0.15, -0.1) is 10.2 Å². The summed E-state index contributed by atoms with van der Waals surface area (Å²) in [5.41, 5.74) is 1.59. The molecule has 2 N–H and O–H groups in total. The zero-order chi connectivity index (χ0) is 20.8. The Labute approximate surface area is 172 Å². The number of hydrogen-bond donors (Lipinski definition) is 2. The third-order valence-electron chi connectivity index (χ3n) is 3.94. The number of nitrogens with one attached hydrogen (secondary N) is 2. The molecule has 0 radical (unpaired) electrons. The second-order valence-corrected chi connectivity index (χ2v) is 7.68. The van der Waals surface area contributed by atoms with Gasteiger partial charge < -0.3 is 19.5 Å². The van der Waals surface area contributed by atoms with Crippen molar-refractivity contribution in [1.82, 2.24) is 15.5 Å². The lowest BCUT2D eigenvalue weighted by Crippen LogP contribution is -2.28.